The predicted octanol–water partition coefficient (Wildman–Crippen LogP) is 0.964. The zero-order valence-electron chi connectivity index (χ0n) is 10.2. The molecule has 0 saturated carbocycles. The summed E-state index contributed by atoms with van der Waals surface area (Å²) in [6.07, 6.45) is 1.24. The van der Waals surface area contributed by atoms with Gasteiger partial charge in [-0.2, -0.15) is 0 Å². The number of fused-ring (bicyclic) bond motifs is 1. The Kier molecular flexibility index (Phi) is 3.08. The van der Waals surface area contributed by atoms with E-state index in [0.717, 1.165) is 4.90 Å². The molecular formula is C13H12N2O4. The molecule has 2 rings (SSSR count). The summed E-state index contributed by atoms with van der Waals surface area (Å²) in [5.41, 5.74) is 1.04. The smallest absolute Gasteiger partial charge is 0.330 e. The van der Waals surface area contributed by atoms with Crippen LogP contribution in [-0.4, -0.2) is 40.9 Å². The maximum atomic E-state index is 11.8. The van der Waals surface area contributed by atoms with Crippen LogP contribution in [0.1, 0.15) is 20.7 Å². The number of carboxylic acids is 1. The number of rotatable bonds is 4. The van der Waals surface area contributed by atoms with Crippen molar-refractivity contribution >= 4 is 23.5 Å². The molecule has 0 aliphatic carbocycles. The van der Waals surface area contributed by atoms with Gasteiger partial charge in [0.05, 0.1) is 11.1 Å². The Morgan fingerprint density at radius 1 is 1.37 bits per heavy atom. The Morgan fingerprint density at radius 3 is 2.58 bits per heavy atom. The molecule has 1 aromatic rings. The van der Waals surface area contributed by atoms with Crippen molar-refractivity contribution < 1.29 is 19.5 Å². The second-order valence-corrected chi connectivity index (χ2v) is 4.13. The van der Waals surface area contributed by atoms with Gasteiger partial charge in [0, 0.05) is 12.7 Å². The molecule has 1 aliphatic rings. The summed E-state index contributed by atoms with van der Waals surface area (Å²) in [5, 5.41) is 11.6. The number of carboxylic acid groups (broad SMARTS) is 1. The standard InChI is InChI=1S/C13H12N2O4/c1-3-10(13(18)19)14-7-4-5-8-9(6-7)12(17)15(2)11(8)16/h3-6,10,14H,1H2,2H3,(H,18,19). The quantitative estimate of drug-likeness (QED) is 0.622. The van der Waals surface area contributed by atoms with Crippen molar-refractivity contribution in [1.82, 2.24) is 4.90 Å². The van der Waals surface area contributed by atoms with Gasteiger partial charge in [-0.1, -0.05) is 6.08 Å². The number of carbonyl (C=O) groups is 3. The molecule has 6 nitrogen and oxygen atoms in total. The average Bonchev–Trinajstić information content (AvgIpc) is 2.61. The van der Waals surface area contributed by atoms with Crippen molar-refractivity contribution in [2.24, 2.45) is 0 Å². The number of nitrogens with zero attached hydrogens (tertiary/aromatic N) is 1. The van der Waals surface area contributed by atoms with E-state index in [9.17, 15) is 14.4 Å². The molecule has 98 valence electrons. The van der Waals surface area contributed by atoms with E-state index in [1.165, 1.54) is 25.3 Å². The number of carbonyl (C=O) groups excluding carboxylic acids is 2. The van der Waals surface area contributed by atoms with Crippen LogP contribution >= 0.6 is 0 Å². The third-order valence-electron chi connectivity index (χ3n) is 2.91. The van der Waals surface area contributed by atoms with Gasteiger partial charge in [-0.15, -0.1) is 6.58 Å². The number of amides is 2. The van der Waals surface area contributed by atoms with Crippen LogP contribution in [0.25, 0.3) is 0 Å². The topological polar surface area (TPSA) is 86.7 Å². The first kappa shape index (κ1) is 12.8. The lowest BCUT2D eigenvalue weighted by Crippen LogP contribution is -2.26. The molecule has 19 heavy (non-hydrogen) atoms. The molecule has 1 atom stereocenters. The van der Waals surface area contributed by atoms with E-state index >= 15 is 0 Å². The van der Waals surface area contributed by atoms with E-state index in [4.69, 9.17) is 5.11 Å². The van der Waals surface area contributed by atoms with Gasteiger partial charge < -0.3 is 10.4 Å². The highest BCUT2D eigenvalue weighted by atomic mass is 16.4. The molecule has 0 spiro atoms. The highest BCUT2D eigenvalue weighted by Gasteiger charge is 2.32. The first-order valence-corrected chi connectivity index (χ1v) is 5.54. The number of anilines is 1. The Labute approximate surface area is 109 Å². The minimum atomic E-state index is -1.07. The molecule has 1 unspecified atom stereocenters. The monoisotopic (exact) mass is 260 g/mol. The summed E-state index contributed by atoms with van der Waals surface area (Å²) >= 11 is 0. The Bertz CT molecular complexity index is 594. The highest BCUT2D eigenvalue weighted by Crippen LogP contribution is 2.25. The van der Waals surface area contributed by atoms with E-state index in [1.54, 1.807) is 6.07 Å². The minimum absolute atomic E-state index is 0.269. The van der Waals surface area contributed by atoms with Gasteiger partial charge in [0.1, 0.15) is 6.04 Å². The van der Waals surface area contributed by atoms with Gasteiger partial charge >= 0.3 is 5.97 Å². The number of benzene rings is 1. The van der Waals surface area contributed by atoms with Crippen LogP contribution in [0.3, 0.4) is 0 Å². The van der Waals surface area contributed by atoms with Crippen LogP contribution in [0.2, 0.25) is 0 Å². The fraction of sp³-hybridized carbons (Fsp3) is 0.154. The van der Waals surface area contributed by atoms with Crippen molar-refractivity contribution in [3.8, 4) is 0 Å². The van der Waals surface area contributed by atoms with Crippen molar-refractivity contribution in [3.63, 3.8) is 0 Å². The summed E-state index contributed by atoms with van der Waals surface area (Å²) in [5.74, 6) is -1.82. The number of aliphatic carboxylic acids is 1. The van der Waals surface area contributed by atoms with Gasteiger partial charge in [-0.05, 0) is 18.2 Å². The molecule has 0 bridgehead atoms. The second kappa shape index (κ2) is 4.56. The molecule has 1 heterocycles. The summed E-state index contributed by atoms with van der Waals surface area (Å²) in [4.78, 5) is 35.4. The normalized spacial score (nSPS) is 15.1. The van der Waals surface area contributed by atoms with Crippen molar-refractivity contribution in [1.29, 1.82) is 0 Å². The van der Waals surface area contributed by atoms with E-state index in [0.29, 0.717) is 11.3 Å². The summed E-state index contributed by atoms with van der Waals surface area (Å²) in [6, 6.07) is 3.58. The van der Waals surface area contributed by atoms with Crippen molar-refractivity contribution in [2.75, 3.05) is 12.4 Å². The molecule has 1 aromatic carbocycles. The van der Waals surface area contributed by atoms with Gasteiger partial charge in [0.15, 0.2) is 0 Å². The zero-order valence-corrected chi connectivity index (χ0v) is 10.2. The van der Waals surface area contributed by atoms with Gasteiger partial charge in [0.25, 0.3) is 11.8 Å². The lowest BCUT2D eigenvalue weighted by Gasteiger charge is -2.11. The molecule has 0 saturated heterocycles. The lowest BCUT2D eigenvalue weighted by molar-refractivity contribution is -0.136. The molecule has 2 amide bonds. The first-order chi connectivity index (χ1) is 8.95. The molecule has 0 radical (unpaired) electrons. The molecule has 0 fully saturated rings. The number of imide groups is 1. The van der Waals surface area contributed by atoms with E-state index < -0.39 is 17.9 Å². The molecule has 0 aromatic heterocycles. The first-order valence-electron chi connectivity index (χ1n) is 5.54. The Balaban J connectivity index is 2.33. The second-order valence-electron chi connectivity index (χ2n) is 4.13. The van der Waals surface area contributed by atoms with Crippen LogP contribution < -0.4 is 5.32 Å². The lowest BCUT2D eigenvalue weighted by atomic mass is 10.1. The average molecular weight is 260 g/mol. The molecule has 6 heteroatoms. The van der Waals surface area contributed by atoms with Crippen LogP contribution in [0, 0.1) is 0 Å². The van der Waals surface area contributed by atoms with Crippen molar-refractivity contribution in [2.45, 2.75) is 6.04 Å². The van der Waals surface area contributed by atoms with Crippen LogP contribution in [0.4, 0.5) is 5.69 Å². The fourth-order valence-electron chi connectivity index (χ4n) is 1.85. The van der Waals surface area contributed by atoms with Crippen LogP contribution in [0.5, 0.6) is 0 Å². The SMILES string of the molecule is C=CC(Nc1ccc2c(c1)C(=O)N(C)C2=O)C(=O)O. The van der Waals surface area contributed by atoms with E-state index in [-0.39, 0.29) is 11.5 Å². The Morgan fingerprint density at radius 2 is 2.00 bits per heavy atom. The summed E-state index contributed by atoms with van der Waals surface area (Å²) in [7, 11) is 1.40. The third kappa shape index (κ3) is 2.08. The summed E-state index contributed by atoms with van der Waals surface area (Å²) < 4.78 is 0. The number of hydrogen-bond donors (Lipinski definition) is 2. The molecule has 2 N–H and O–H groups in total. The maximum absolute atomic E-state index is 11.8. The largest absolute Gasteiger partial charge is 0.479 e. The Hall–Kier alpha value is -2.63. The third-order valence-corrected chi connectivity index (χ3v) is 2.91. The van der Waals surface area contributed by atoms with Gasteiger partial charge in [0.2, 0.25) is 0 Å². The molecular weight excluding hydrogens is 248 g/mol. The molecule has 1 aliphatic heterocycles. The van der Waals surface area contributed by atoms with Gasteiger partial charge in [-0.3, -0.25) is 14.5 Å². The van der Waals surface area contributed by atoms with Crippen molar-refractivity contribution in [3.05, 3.63) is 42.0 Å². The van der Waals surface area contributed by atoms with E-state index in [2.05, 4.69) is 11.9 Å². The number of hydrogen-bond acceptors (Lipinski definition) is 4. The van der Waals surface area contributed by atoms with Crippen LogP contribution in [-0.2, 0) is 4.79 Å². The van der Waals surface area contributed by atoms with E-state index in [1.807, 2.05) is 0 Å². The van der Waals surface area contributed by atoms with Crippen LogP contribution in [0.15, 0.2) is 30.9 Å². The predicted molar refractivity (Wildman–Crippen MR) is 68.1 cm³/mol. The minimum Gasteiger partial charge on any atom is -0.479 e. The summed E-state index contributed by atoms with van der Waals surface area (Å²) in [6.45, 7) is 3.42. The zero-order chi connectivity index (χ0) is 14.2. The highest BCUT2D eigenvalue weighted by molar-refractivity contribution is 6.21. The fourth-order valence-corrected chi connectivity index (χ4v) is 1.85. The maximum Gasteiger partial charge on any atom is 0.330 e. The van der Waals surface area contributed by atoms with Gasteiger partial charge in [-0.25, -0.2) is 4.79 Å². The number of nitrogens with one attached hydrogen (secondary N) is 1.